The van der Waals surface area contributed by atoms with Gasteiger partial charge in [-0.25, -0.2) is 0 Å². The van der Waals surface area contributed by atoms with E-state index in [1.807, 2.05) is 23.2 Å². The molecule has 2 aliphatic rings. The Morgan fingerprint density at radius 3 is 2.55 bits per heavy atom. The van der Waals surface area contributed by atoms with Crippen LogP contribution in [0.15, 0.2) is 48.8 Å². The quantitative estimate of drug-likeness (QED) is 0.345. The number of nitrogens with one attached hydrogen (secondary N) is 2. The average molecular weight is 555 g/mol. The van der Waals surface area contributed by atoms with Gasteiger partial charge in [-0.3, -0.25) is 14.6 Å². The van der Waals surface area contributed by atoms with Crippen molar-refractivity contribution in [1.29, 1.82) is 0 Å². The Bertz CT molecular complexity index is 1320. The molecule has 3 heterocycles. The number of primary amides is 1. The van der Waals surface area contributed by atoms with Gasteiger partial charge in [0.1, 0.15) is 0 Å². The second-order valence-corrected chi connectivity index (χ2v) is 11.2. The number of piperidine rings is 1. The number of likely N-dealkylation sites (tertiary alicyclic amines) is 1. The number of benzene rings is 1. The third-order valence-electron chi connectivity index (χ3n) is 8.04. The molecule has 1 unspecified atom stereocenters. The van der Waals surface area contributed by atoms with Crippen molar-refractivity contribution in [2.24, 2.45) is 11.7 Å². The van der Waals surface area contributed by atoms with Gasteiger partial charge in [-0.2, -0.15) is 0 Å². The highest BCUT2D eigenvalue weighted by atomic mass is 35.5. The molecule has 0 bridgehead atoms. The predicted molar refractivity (Wildman–Crippen MR) is 152 cm³/mol. The van der Waals surface area contributed by atoms with Crippen molar-refractivity contribution >= 4 is 52.1 Å². The second kappa shape index (κ2) is 11.9. The molecule has 1 atom stereocenters. The van der Waals surface area contributed by atoms with E-state index in [0.29, 0.717) is 29.1 Å². The van der Waals surface area contributed by atoms with E-state index < -0.39 is 0 Å². The van der Waals surface area contributed by atoms with Crippen molar-refractivity contribution in [1.82, 2.24) is 20.2 Å². The van der Waals surface area contributed by atoms with Gasteiger partial charge in [0.05, 0.1) is 27.1 Å². The first-order chi connectivity index (χ1) is 18.4. The van der Waals surface area contributed by atoms with Crippen molar-refractivity contribution in [3.05, 3.63) is 70.0 Å². The van der Waals surface area contributed by atoms with E-state index in [9.17, 15) is 9.59 Å². The van der Waals surface area contributed by atoms with Gasteiger partial charge in [0, 0.05) is 37.6 Å². The number of aromatic nitrogens is 2. The minimum absolute atomic E-state index is 0.0526. The number of hydrogen-bond acceptors (Lipinski definition) is 4. The molecule has 2 aromatic heterocycles. The van der Waals surface area contributed by atoms with Crippen molar-refractivity contribution in [2.45, 2.75) is 56.5 Å². The Morgan fingerprint density at radius 1 is 1.08 bits per heavy atom. The summed E-state index contributed by atoms with van der Waals surface area (Å²) >= 11 is 12.0. The summed E-state index contributed by atoms with van der Waals surface area (Å²) in [4.78, 5) is 34.9. The molecule has 0 spiro atoms. The standard InChI is InChI=1S/C29H33Cl2N5O2/c30-23-9-3-18(16-24(23)31)4-10-26(37)36-14-11-20(12-15-36)27(29(32)38)35-21-7-5-19(6-8-21)22-17-34-25-2-1-13-33-28(22)25/h1-4,9-10,13,16-17,19-21,27,34-35H,5-8,11-12,14-15H2,(H2,32,38)/b10-4+. The predicted octanol–water partition coefficient (Wildman–Crippen LogP) is 5.29. The monoisotopic (exact) mass is 553 g/mol. The van der Waals surface area contributed by atoms with Crippen molar-refractivity contribution < 1.29 is 9.59 Å². The molecule has 4 N–H and O–H groups in total. The molecule has 0 radical (unpaired) electrons. The number of rotatable bonds is 7. The van der Waals surface area contributed by atoms with E-state index in [0.717, 1.165) is 55.1 Å². The number of halogens is 2. The van der Waals surface area contributed by atoms with E-state index in [4.69, 9.17) is 28.9 Å². The normalized spacial score (nSPS) is 21.7. The summed E-state index contributed by atoms with van der Waals surface area (Å²) in [5.74, 6) is 0.224. The second-order valence-electron chi connectivity index (χ2n) is 10.4. The van der Waals surface area contributed by atoms with Crippen molar-refractivity contribution in [2.75, 3.05) is 13.1 Å². The van der Waals surface area contributed by atoms with E-state index >= 15 is 0 Å². The van der Waals surface area contributed by atoms with Crippen LogP contribution in [0.1, 0.15) is 55.6 Å². The SMILES string of the molecule is NC(=O)C(NC1CCC(c2c[nH]c3cccnc23)CC1)C1CCN(C(=O)/C=C/c2ccc(Cl)c(Cl)c2)CC1. The van der Waals surface area contributed by atoms with E-state index in [1.54, 1.807) is 24.3 Å². The lowest BCUT2D eigenvalue weighted by Gasteiger charge is -2.38. The first-order valence-corrected chi connectivity index (χ1v) is 14.0. The first kappa shape index (κ1) is 26.7. The molecule has 1 aliphatic carbocycles. The van der Waals surface area contributed by atoms with Crippen LogP contribution in [0.4, 0.5) is 0 Å². The Balaban J connectivity index is 1.12. The van der Waals surface area contributed by atoms with Gasteiger partial charge in [0.15, 0.2) is 0 Å². The molecule has 7 nitrogen and oxygen atoms in total. The molecular formula is C29H33Cl2N5O2. The van der Waals surface area contributed by atoms with Gasteiger partial charge in [-0.15, -0.1) is 0 Å². The number of carbonyl (C=O) groups excluding carboxylic acids is 2. The summed E-state index contributed by atoms with van der Waals surface area (Å²) < 4.78 is 0. The number of hydrogen-bond donors (Lipinski definition) is 3. The van der Waals surface area contributed by atoms with E-state index in [2.05, 4.69) is 27.5 Å². The molecule has 2 amide bonds. The van der Waals surface area contributed by atoms with Gasteiger partial charge in [-0.1, -0.05) is 29.3 Å². The fourth-order valence-corrected chi connectivity index (χ4v) is 6.21. The van der Waals surface area contributed by atoms with Crippen LogP contribution in [0.25, 0.3) is 17.1 Å². The number of aromatic amines is 1. The number of pyridine rings is 1. The lowest BCUT2D eigenvalue weighted by molar-refractivity contribution is -0.128. The summed E-state index contributed by atoms with van der Waals surface area (Å²) in [6.07, 6.45) is 12.8. The zero-order valence-electron chi connectivity index (χ0n) is 21.2. The topological polar surface area (TPSA) is 104 Å². The summed E-state index contributed by atoms with van der Waals surface area (Å²) in [5, 5.41) is 4.53. The van der Waals surface area contributed by atoms with E-state index in [1.165, 1.54) is 5.56 Å². The maximum atomic E-state index is 12.7. The minimum Gasteiger partial charge on any atom is -0.368 e. The van der Waals surface area contributed by atoms with Crippen LogP contribution in [-0.2, 0) is 9.59 Å². The van der Waals surface area contributed by atoms with Crippen LogP contribution in [0, 0.1) is 5.92 Å². The molecule has 1 aromatic carbocycles. The molecule has 1 aliphatic heterocycles. The maximum Gasteiger partial charge on any atom is 0.246 e. The smallest absolute Gasteiger partial charge is 0.246 e. The Hall–Kier alpha value is -2.87. The molecule has 9 heteroatoms. The summed E-state index contributed by atoms with van der Waals surface area (Å²) in [6, 6.07) is 9.14. The number of fused-ring (bicyclic) bond motifs is 1. The number of carbonyl (C=O) groups is 2. The Kier molecular flexibility index (Phi) is 8.36. The average Bonchev–Trinajstić information content (AvgIpc) is 3.37. The molecule has 38 heavy (non-hydrogen) atoms. The number of H-pyrrole nitrogens is 1. The van der Waals surface area contributed by atoms with Crippen molar-refractivity contribution in [3.63, 3.8) is 0 Å². The highest BCUT2D eigenvalue weighted by molar-refractivity contribution is 6.42. The molecular weight excluding hydrogens is 521 g/mol. The van der Waals surface area contributed by atoms with Crippen LogP contribution >= 0.6 is 23.2 Å². The zero-order valence-corrected chi connectivity index (χ0v) is 22.7. The number of amides is 2. The summed E-state index contributed by atoms with van der Waals surface area (Å²) in [5.41, 5.74) is 10.1. The first-order valence-electron chi connectivity index (χ1n) is 13.3. The third kappa shape index (κ3) is 6.06. The van der Waals surface area contributed by atoms with Gasteiger partial charge in [-0.05, 0) is 91.8 Å². The Morgan fingerprint density at radius 2 is 1.84 bits per heavy atom. The van der Waals surface area contributed by atoms with Crippen LogP contribution in [0.3, 0.4) is 0 Å². The molecule has 1 saturated heterocycles. The maximum absolute atomic E-state index is 12.7. The highest BCUT2D eigenvalue weighted by Crippen LogP contribution is 2.36. The lowest BCUT2D eigenvalue weighted by Crippen LogP contribution is -2.54. The van der Waals surface area contributed by atoms with Gasteiger partial charge >= 0.3 is 0 Å². The van der Waals surface area contributed by atoms with Crippen molar-refractivity contribution in [3.8, 4) is 0 Å². The molecule has 3 aromatic rings. The summed E-state index contributed by atoms with van der Waals surface area (Å²) in [6.45, 7) is 1.20. The number of nitrogens with zero attached hydrogens (tertiary/aromatic N) is 2. The van der Waals surface area contributed by atoms with Gasteiger partial charge < -0.3 is 20.9 Å². The fraction of sp³-hybridized carbons (Fsp3) is 0.414. The van der Waals surface area contributed by atoms with E-state index in [-0.39, 0.29) is 29.8 Å². The lowest BCUT2D eigenvalue weighted by atomic mass is 9.81. The number of nitrogens with two attached hydrogens (primary N) is 1. The van der Waals surface area contributed by atoms with Crippen LogP contribution < -0.4 is 11.1 Å². The van der Waals surface area contributed by atoms with Gasteiger partial charge in [0.25, 0.3) is 0 Å². The molecule has 5 rings (SSSR count). The van der Waals surface area contributed by atoms with Gasteiger partial charge in [0.2, 0.25) is 11.8 Å². The molecule has 2 fully saturated rings. The third-order valence-corrected chi connectivity index (χ3v) is 8.78. The van der Waals surface area contributed by atoms with Crippen LogP contribution in [0.2, 0.25) is 10.0 Å². The van der Waals surface area contributed by atoms with Crippen LogP contribution in [0.5, 0.6) is 0 Å². The molecule has 200 valence electrons. The Labute approximate surface area is 232 Å². The minimum atomic E-state index is -0.379. The molecule has 1 saturated carbocycles. The fourth-order valence-electron chi connectivity index (χ4n) is 5.90. The van der Waals surface area contributed by atoms with Crippen LogP contribution in [-0.4, -0.2) is 51.9 Å². The zero-order chi connectivity index (χ0) is 26.6. The summed E-state index contributed by atoms with van der Waals surface area (Å²) in [7, 11) is 0. The highest BCUT2D eigenvalue weighted by Gasteiger charge is 2.34. The largest absolute Gasteiger partial charge is 0.368 e.